The van der Waals surface area contributed by atoms with Gasteiger partial charge in [0.05, 0.1) is 27.8 Å². The highest BCUT2D eigenvalue weighted by molar-refractivity contribution is 8.03. The molecule has 7 aromatic rings. The molecule has 0 bridgehead atoms. The van der Waals surface area contributed by atoms with Crippen LogP contribution in [0.1, 0.15) is 17.9 Å². The Morgan fingerprint density at radius 1 is 0.590 bits per heavy atom. The Morgan fingerprint density at radius 2 is 1.23 bits per heavy atom. The molecular weight excluding hydrogens is 492 g/mol. The van der Waals surface area contributed by atoms with Gasteiger partial charge < -0.3 is 9.13 Å². The summed E-state index contributed by atoms with van der Waals surface area (Å²) in [5.41, 5.74) is 8.91. The van der Waals surface area contributed by atoms with Gasteiger partial charge in [0.2, 0.25) is 0 Å². The van der Waals surface area contributed by atoms with E-state index in [1.54, 1.807) is 0 Å². The van der Waals surface area contributed by atoms with Crippen molar-refractivity contribution in [1.29, 1.82) is 0 Å². The number of thioether (sulfide) groups is 1. The van der Waals surface area contributed by atoms with Crippen molar-refractivity contribution < 1.29 is 0 Å². The maximum absolute atomic E-state index is 2.48. The van der Waals surface area contributed by atoms with E-state index in [0.29, 0.717) is 5.92 Å². The van der Waals surface area contributed by atoms with Gasteiger partial charge in [0.15, 0.2) is 0 Å². The van der Waals surface area contributed by atoms with Crippen LogP contribution >= 0.6 is 11.8 Å². The molecular formula is C36H24N2S. The molecule has 3 heteroatoms. The number of hydrogen-bond donors (Lipinski definition) is 0. The molecule has 2 nitrogen and oxygen atoms in total. The van der Waals surface area contributed by atoms with Gasteiger partial charge in [-0.25, -0.2) is 0 Å². The van der Waals surface area contributed by atoms with E-state index in [9.17, 15) is 0 Å². The van der Waals surface area contributed by atoms with E-state index in [2.05, 4.69) is 137 Å². The first-order valence-electron chi connectivity index (χ1n) is 13.6. The Balaban J connectivity index is 1.33. The molecule has 39 heavy (non-hydrogen) atoms. The summed E-state index contributed by atoms with van der Waals surface area (Å²) in [7, 11) is 0. The summed E-state index contributed by atoms with van der Waals surface area (Å²) in [6, 6.07) is 40.2. The summed E-state index contributed by atoms with van der Waals surface area (Å²) >= 11 is 1.95. The van der Waals surface area contributed by atoms with E-state index in [1.807, 2.05) is 11.8 Å². The van der Waals surface area contributed by atoms with Gasteiger partial charge in [-0.3, -0.25) is 0 Å². The average Bonchev–Trinajstić information content (AvgIpc) is 3.65. The molecule has 184 valence electrons. The van der Waals surface area contributed by atoms with Crippen LogP contribution in [0.15, 0.2) is 137 Å². The van der Waals surface area contributed by atoms with E-state index >= 15 is 0 Å². The first kappa shape index (κ1) is 21.5. The fourth-order valence-electron chi connectivity index (χ4n) is 6.78. The number of allylic oxidation sites excluding steroid dienone is 4. The second-order valence-corrected chi connectivity index (χ2v) is 11.6. The second kappa shape index (κ2) is 8.02. The highest BCUT2D eigenvalue weighted by atomic mass is 32.2. The van der Waals surface area contributed by atoms with Crippen molar-refractivity contribution in [2.45, 2.75) is 17.2 Å². The van der Waals surface area contributed by atoms with Gasteiger partial charge in [0, 0.05) is 38.0 Å². The lowest BCUT2D eigenvalue weighted by Gasteiger charge is -2.14. The molecule has 0 saturated heterocycles. The van der Waals surface area contributed by atoms with Gasteiger partial charge in [-0.1, -0.05) is 96.7 Å². The zero-order chi connectivity index (χ0) is 25.5. The van der Waals surface area contributed by atoms with Crippen molar-refractivity contribution in [2.24, 2.45) is 0 Å². The van der Waals surface area contributed by atoms with E-state index in [1.165, 1.54) is 70.4 Å². The molecule has 9 rings (SSSR count). The smallest absolute Gasteiger partial charge is 0.0604 e. The standard InChI is InChI=1S/C36H24N2S/c1-5-15-30-24(10-1)25-11-2-6-16-31(25)37(30)23-20-21-33-29(22-23)26-12-3-7-17-32(26)38(33)34-18-9-14-28-27-13-4-8-19-35(27)39-36(28)34/h1-12,14-22,27H,13H2. The largest absolute Gasteiger partial charge is 0.309 e. The molecule has 0 fully saturated rings. The number of nitrogens with zero attached hydrogens (tertiary/aromatic N) is 2. The number of para-hydroxylation sites is 3. The van der Waals surface area contributed by atoms with Gasteiger partial charge >= 0.3 is 0 Å². The summed E-state index contributed by atoms with van der Waals surface area (Å²) in [6.45, 7) is 0. The summed E-state index contributed by atoms with van der Waals surface area (Å²) in [6.07, 6.45) is 7.89. The highest BCUT2D eigenvalue weighted by Crippen LogP contribution is 2.54. The van der Waals surface area contributed by atoms with Crippen LogP contribution in [-0.2, 0) is 0 Å². The molecule has 0 N–H and O–H groups in total. The third-order valence-electron chi connectivity index (χ3n) is 8.47. The lowest BCUT2D eigenvalue weighted by atomic mass is 9.92. The molecule has 0 saturated carbocycles. The fraction of sp³-hybridized carbons (Fsp3) is 0.0556. The van der Waals surface area contributed by atoms with Crippen LogP contribution < -0.4 is 0 Å². The quantitative estimate of drug-likeness (QED) is 0.222. The van der Waals surface area contributed by atoms with Crippen LogP contribution in [0.2, 0.25) is 0 Å². The normalized spacial score (nSPS) is 16.3. The van der Waals surface area contributed by atoms with Crippen molar-refractivity contribution in [3.63, 3.8) is 0 Å². The van der Waals surface area contributed by atoms with Gasteiger partial charge in [-0.05, 0) is 59.4 Å². The fourth-order valence-corrected chi connectivity index (χ4v) is 8.12. The molecule has 1 unspecified atom stereocenters. The minimum atomic E-state index is 0.491. The highest BCUT2D eigenvalue weighted by Gasteiger charge is 2.31. The van der Waals surface area contributed by atoms with E-state index in [4.69, 9.17) is 0 Å². The topological polar surface area (TPSA) is 9.86 Å². The average molecular weight is 517 g/mol. The van der Waals surface area contributed by atoms with Crippen molar-refractivity contribution >= 4 is 55.4 Å². The van der Waals surface area contributed by atoms with Crippen LogP contribution in [-0.4, -0.2) is 9.13 Å². The maximum atomic E-state index is 2.48. The van der Waals surface area contributed by atoms with E-state index < -0.39 is 0 Å². The Bertz CT molecular complexity index is 2140. The SMILES string of the molecule is C1=CCC2C(=C1)Sc1c2cccc1-n1c2ccccc2c2cc(-n3c4ccccc4c4ccccc43)ccc21. The molecule has 0 spiro atoms. The number of benzene rings is 5. The number of fused-ring (bicyclic) bond motifs is 9. The minimum absolute atomic E-state index is 0.491. The molecule has 1 atom stereocenters. The van der Waals surface area contributed by atoms with Crippen LogP contribution in [0.3, 0.4) is 0 Å². The Morgan fingerprint density at radius 3 is 1.97 bits per heavy atom. The van der Waals surface area contributed by atoms with Gasteiger partial charge in [-0.2, -0.15) is 0 Å². The van der Waals surface area contributed by atoms with Crippen molar-refractivity contribution in [3.05, 3.63) is 138 Å². The minimum Gasteiger partial charge on any atom is -0.309 e. The first-order valence-corrected chi connectivity index (χ1v) is 14.4. The van der Waals surface area contributed by atoms with Crippen LogP contribution in [0.5, 0.6) is 0 Å². The monoisotopic (exact) mass is 516 g/mol. The molecule has 0 radical (unpaired) electrons. The van der Waals surface area contributed by atoms with Crippen molar-refractivity contribution in [1.82, 2.24) is 9.13 Å². The summed E-state index contributed by atoms with van der Waals surface area (Å²) in [5, 5.41) is 5.15. The molecule has 0 amide bonds. The lowest BCUT2D eigenvalue weighted by Crippen LogP contribution is -2.00. The molecule has 1 aliphatic heterocycles. The van der Waals surface area contributed by atoms with Gasteiger partial charge in [-0.15, -0.1) is 0 Å². The van der Waals surface area contributed by atoms with Crippen molar-refractivity contribution in [3.8, 4) is 11.4 Å². The predicted molar refractivity (Wildman–Crippen MR) is 166 cm³/mol. The number of rotatable bonds is 2. The van der Waals surface area contributed by atoms with Crippen LogP contribution in [0, 0.1) is 0 Å². The summed E-state index contributed by atoms with van der Waals surface area (Å²) in [5.74, 6) is 0.491. The Hall–Kier alpha value is -4.47. The van der Waals surface area contributed by atoms with Crippen LogP contribution in [0.4, 0.5) is 0 Å². The molecule has 1 aliphatic carbocycles. The summed E-state index contributed by atoms with van der Waals surface area (Å²) < 4.78 is 4.90. The first-order chi connectivity index (χ1) is 19.4. The van der Waals surface area contributed by atoms with Crippen molar-refractivity contribution in [2.75, 3.05) is 0 Å². The zero-order valence-corrected chi connectivity index (χ0v) is 22.0. The predicted octanol–water partition coefficient (Wildman–Crippen LogP) is 9.91. The Kier molecular flexibility index (Phi) is 4.41. The van der Waals surface area contributed by atoms with Gasteiger partial charge in [0.1, 0.15) is 0 Å². The Labute approximate surface area is 230 Å². The molecule has 2 aliphatic rings. The van der Waals surface area contributed by atoms with E-state index in [0.717, 1.165) is 6.42 Å². The van der Waals surface area contributed by atoms with Gasteiger partial charge in [0.25, 0.3) is 0 Å². The second-order valence-electron chi connectivity index (χ2n) is 10.5. The molecule has 3 heterocycles. The zero-order valence-electron chi connectivity index (χ0n) is 21.2. The molecule has 2 aromatic heterocycles. The maximum Gasteiger partial charge on any atom is 0.0604 e. The lowest BCUT2D eigenvalue weighted by molar-refractivity contribution is 0.834. The van der Waals surface area contributed by atoms with Crippen LogP contribution in [0.25, 0.3) is 55.0 Å². The van der Waals surface area contributed by atoms with E-state index in [-0.39, 0.29) is 0 Å². The third-order valence-corrected chi connectivity index (χ3v) is 9.77. The summed E-state index contributed by atoms with van der Waals surface area (Å²) in [4.78, 5) is 2.86. The number of aromatic nitrogens is 2. The molecule has 5 aromatic carbocycles. The third kappa shape index (κ3) is 2.94. The number of hydrogen-bond acceptors (Lipinski definition) is 1.